The number of fused-ring (bicyclic) bond motifs is 8. The van der Waals surface area contributed by atoms with E-state index in [0.29, 0.717) is 0 Å². The van der Waals surface area contributed by atoms with Crippen molar-refractivity contribution in [3.05, 3.63) is 83.3 Å². The quantitative estimate of drug-likeness (QED) is 0.391. The predicted molar refractivity (Wildman–Crippen MR) is 105 cm³/mol. The molecule has 7 rings (SSSR count). The number of hydrogen-bond acceptors (Lipinski definition) is 1. The lowest BCUT2D eigenvalue weighted by molar-refractivity contribution is 0.830. The number of rotatable bonds is 0. The molecule has 0 fully saturated rings. The lowest BCUT2D eigenvalue weighted by atomic mass is 9.49. The van der Waals surface area contributed by atoms with Gasteiger partial charge < -0.3 is 4.57 Å². The van der Waals surface area contributed by atoms with E-state index in [0.717, 1.165) is 22.3 Å². The summed E-state index contributed by atoms with van der Waals surface area (Å²) in [5.74, 6) is 0. The minimum Gasteiger partial charge on any atom is -0.317 e. The van der Waals surface area contributed by atoms with E-state index in [2.05, 4.69) is 57.9 Å². The van der Waals surface area contributed by atoms with Gasteiger partial charge in [-0.05, 0) is 41.2 Å². The van der Waals surface area contributed by atoms with Crippen LogP contribution in [0.25, 0.3) is 33.2 Å². The van der Waals surface area contributed by atoms with Crippen LogP contribution in [0.5, 0.6) is 0 Å². The summed E-state index contributed by atoms with van der Waals surface area (Å²) in [6.45, 7) is -0.0767. The molecule has 3 aromatic carbocycles. The molecule has 0 amide bonds. The molecule has 26 heavy (non-hydrogen) atoms. The molecule has 0 unspecified atom stereocenters. The number of benzene rings is 3. The van der Waals surface area contributed by atoms with Crippen molar-refractivity contribution in [2.75, 3.05) is 0 Å². The molecule has 0 bridgehead atoms. The fourth-order valence-corrected chi connectivity index (χ4v) is 4.90. The molecule has 0 saturated carbocycles. The van der Waals surface area contributed by atoms with Gasteiger partial charge in [-0.1, -0.05) is 36.4 Å². The first-order chi connectivity index (χ1) is 12.8. The zero-order valence-electron chi connectivity index (χ0n) is 13.8. The molecule has 5 aromatic rings. The molecule has 4 heterocycles. The van der Waals surface area contributed by atoms with Gasteiger partial charge in [0, 0.05) is 17.3 Å². The second-order valence-corrected chi connectivity index (χ2v) is 7.06. The van der Waals surface area contributed by atoms with Gasteiger partial charge >= 0.3 is 6.85 Å². The summed E-state index contributed by atoms with van der Waals surface area (Å²) in [6.07, 6.45) is 2.13. The molecule has 4 nitrogen and oxygen atoms in total. The maximum Gasteiger partial charge on any atom is 0.357 e. The highest BCUT2D eigenvalue weighted by atomic mass is 16.1. The van der Waals surface area contributed by atoms with Crippen molar-refractivity contribution >= 4 is 39.6 Å². The first-order valence-corrected chi connectivity index (χ1v) is 8.80. The summed E-state index contributed by atoms with van der Waals surface area (Å²) in [5.41, 5.74) is 6.93. The second-order valence-electron chi connectivity index (χ2n) is 7.06. The first kappa shape index (κ1) is 12.8. The van der Waals surface area contributed by atoms with Gasteiger partial charge in [-0.25, -0.2) is 0 Å². The third kappa shape index (κ3) is 1.21. The molecule has 0 atom stereocenters. The highest BCUT2D eigenvalue weighted by Crippen LogP contribution is 2.30. The molecule has 0 aliphatic carbocycles. The monoisotopic (exact) mass is 333 g/mol. The van der Waals surface area contributed by atoms with E-state index < -0.39 is 0 Å². The molecule has 2 aliphatic heterocycles. The molecule has 2 aromatic heterocycles. The fraction of sp³-hybridized carbons (Fsp3) is 0. The molecule has 0 saturated heterocycles. The molecule has 0 N–H and O–H groups in total. The van der Waals surface area contributed by atoms with Crippen molar-refractivity contribution in [3.8, 4) is 11.4 Å². The maximum atomic E-state index is 13.3. The van der Waals surface area contributed by atoms with Crippen molar-refractivity contribution in [2.45, 2.75) is 0 Å². The lowest BCUT2D eigenvalue weighted by Crippen LogP contribution is -2.53. The van der Waals surface area contributed by atoms with Crippen LogP contribution in [-0.2, 0) is 0 Å². The van der Waals surface area contributed by atoms with Crippen LogP contribution in [0.1, 0.15) is 0 Å². The summed E-state index contributed by atoms with van der Waals surface area (Å²) in [4.78, 5) is 13.3. The van der Waals surface area contributed by atoms with Crippen molar-refractivity contribution in [3.63, 3.8) is 0 Å². The fourth-order valence-electron chi connectivity index (χ4n) is 4.90. The predicted octanol–water partition coefficient (Wildman–Crippen LogP) is 2.02. The van der Waals surface area contributed by atoms with Gasteiger partial charge in [-0.15, -0.1) is 0 Å². The van der Waals surface area contributed by atoms with Crippen LogP contribution in [0.15, 0.2) is 77.7 Å². The second kappa shape index (κ2) is 4.02. The third-order valence-corrected chi connectivity index (χ3v) is 5.89. The lowest BCUT2D eigenvalue weighted by Gasteiger charge is -2.22. The van der Waals surface area contributed by atoms with Crippen LogP contribution in [0.4, 0.5) is 0 Å². The van der Waals surface area contributed by atoms with Crippen molar-refractivity contribution in [1.29, 1.82) is 0 Å². The maximum absolute atomic E-state index is 13.3. The van der Waals surface area contributed by atoms with Gasteiger partial charge in [0.05, 0.1) is 22.1 Å². The molecule has 0 spiro atoms. The van der Waals surface area contributed by atoms with Crippen LogP contribution in [0.2, 0.25) is 0 Å². The number of aromatic nitrogens is 3. The number of para-hydroxylation sites is 2. The van der Waals surface area contributed by atoms with Crippen molar-refractivity contribution in [1.82, 2.24) is 13.8 Å². The first-order valence-electron chi connectivity index (χ1n) is 8.80. The Hall–Kier alpha value is -3.47. The van der Waals surface area contributed by atoms with E-state index in [1.54, 1.807) is 0 Å². The Balaban J connectivity index is 1.80. The largest absolute Gasteiger partial charge is 0.357 e. The van der Waals surface area contributed by atoms with Gasteiger partial charge in [0.1, 0.15) is 0 Å². The molecule has 0 radical (unpaired) electrons. The Morgan fingerprint density at radius 3 is 2.62 bits per heavy atom. The van der Waals surface area contributed by atoms with E-state index >= 15 is 0 Å². The summed E-state index contributed by atoms with van der Waals surface area (Å²) in [6, 6.07) is 22.8. The Bertz CT molecular complexity index is 1470. The van der Waals surface area contributed by atoms with E-state index in [-0.39, 0.29) is 12.4 Å². The van der Waals surface area contributed by atoms with Gasteiger partial charge in [-0.2, -0.15) is 0 Å². The third-order valence-electron chi connectivity index (χ3n) is 5.89. The smallest absolute Gasteiger partial charge is 0.317 e. The molecule has 2 aliphatic rings. The summed E-state index contributed by atoms with van der Waals surface area (Å²) < 4.78 is 6.31. The van der Waals surface area contributed by atoms with Gasteiger partial charge in [0.25, 0.3) is 5.56 Å². The van der Waals surface area contributed by atoms with Crippen molar-refractivity contribution < 1.29 is 0 Å². The van der Waals surface area contributed by atoms with Gasteiger partial charge in [-0.3, -0.25) is 14.1 Å². The summed E-state index contributed by atoms with van der Waals surface area (Å²) in [5, 5.41) is 1.99. The minimum atomic E-state index is -0.0767. The average Bonchev–Trinajstić information content (AvgIpc) is 3.33. The van der Waals surface area contributed by atoms with E-state index in [9.17, 15) is 4.79 Å². The van der Waals surface area contributed by atoms with Crippen LogP contribution in [0, 0.1) is 0 Å². The zero-order chi connectivity index (χ0) is 17.0. The van der Waals surface area contributed by atoms with Crippen LogP contribution >= 0.6 is 0 Å². The number of hydrogen-bond donors (Lipinski definition) is 0. The van der Waals surface area contributed by atoms with Crippen LogP contribution in [-0.4, -0.2) is 20.7 Å². The summed E-state index contributed by atoms with van der Waals surface area (Å²) in [7, 11) is 0. The van der Waals surface area contributed by atoms with Gasteiger partial charge in [0.15, 0.2) is 0 Å². The molecule has 5 heteroatoms. The minimum absolute atomic E-state index is 0.0739. The van der Waals surface area contributed by atoms with E-state index in [1.807, 2.05) is 28.9 Å². The Kier molecular flexibility index (Phi) is 1.98. The SMILES string of the molecule is O=c1c2ccccc2n2n1B1c3ccccc3-n3ccc4ccc-2c1c43. The zero-order valence-corrected chi connectivity index (χ0v) is 13.8. The van der Waals surface area contributed by atoms with E-state index in [4.69, 9.17) is 0 Å². The number of nitrogens with zero attached hydrogens (tertiary/aromatic N) is 3. The van der Waals surface area contributed by atoms with Gasteiger partial charge in [0.2, 0.25) is 0 Å². The normalized spacial score (nSPS) is 13.5. The van der Waals surface area contributed by atoms with Crippen LogP contribution < -0.4 is 16.5 Å². The Labute approximate surface area is 148 Å². The Morgan fingerprint density at radius 2 is 1.65 bits per heavy atom. The highest BCUT2D eigenvalue weighted by molar-refractivity contribution is 6.88. The van der Waals surface area contributed by atoms with Crippen molar-refractivity contribution in [2.24, 2.45) is 0 Å². The standard InChI is InChI=1S/C21H12BN3O/c26-21-14-5-1-3-7-16(14)24-18-10-9-13-11-12-23-17-8-4-2-6-15(17)22(25(21)24)19(18)20(13)23/h1-12H. The summed E-state index contributed by atoms with van der Waals surface area (Å²) >= 11 is 0. The highest BCUT2D eigenvalue weighted by Gasteiger charge is 2.42. The molecule has 120 valence electrons. The topological polar surface area (TPSA) is 31.9 Å². The Morgan fingerprint density at radius 1 is 0.808 bits per heavy atom. The average molecular weight is 333 g/mol. The van der Waals surface area contributed by atoms with Crippen LogP contribution in [0.3, 0.4) is 0 Å². The molecular formula is C21H12BN3O. The van der Waals surface area contributed by atoms with E-state index in [1.165, 1.54) is 21.8 Å². The molecular weight excluding hydrogens is 321 g/mol.